The molecule has 0 saturated heterocycles. The molecule has 0 radical (unpaired) electrons. The minimum Gasteiger partial charge on any atom is -0.425 e. The van der Waals surface area contributed by atoms with Gasteiger partial charge in [0.05, 0.1) is 0 Å². The van der Waals surface area contributed by atoms with Crippen LogP contribution >= 0.6 is 0 Å². The summed E-state index contributed by atoms with van der Waals surface area (Å²) in [4.78, 5) is 0. The van der Waals surface area contributed by atoms with E-state index in [0.29, 0.717) is 0 Å². The van der Waals surface area contributed by atoms with Crippen molar-refractivity contribution >= 4 is 0 Å². The van der Waals surface area contributed by atoms with Gasteiger partial charge >= 0.3 is 51.4 Å². The fourth-order valence-electron chi connectivity index (χ4n) is 0.439. The van der Waals surface area contributed by atoms with Crippen LogP contribution in [0.4, 0.5) is 0 Å². The zero-order valence-corrected chi connectivity index (χ0v) is 10.1. The van der Waals surface area contributed by atoms with Crippen molar-refractivity contribution in [3.05, 3.63) is 13.8 Å². The minimum absolute atomic E-state index is 0. The second kappa shape index (κ2) is 12.3. The molecule has 9 heavy (non-hydrogen) atoms. The van der Waals surface area contributed by atoms with E-state index in [-0.39, 0.29) is 64.9 Å². The van der Waals surface area contributed by atoms with Crippen LogP contribution in [0.25, 0.3) is 0 Å². The summed E-state index contributed by atoms with van der Waals surface area (Å²) in [6.07, 6.45) is 3.54. The first kappa shape index (κ1) is 16.9. The summed E-state index contributed by atoms with van der Waals surface area (Å²) in [5.74, 6) is 0. The van der Waals surface area contributed by atoms with E-state index in [0.717, 1.165) is 12.8 Å². The van der Waals surface area contributed by atoms with Gasteiger partial charge in [0, 0.05) is 0 Å². The molecule has 0 heterocycles. The molecule has 0 spiro atoms. The molecule has 1 nitrogen and oxygen atoms in total. The van der Waals surface area contributed by atoms with Gasteiger partial charge in [-0.25, -0.2) is 0 Å². The first-order valence-electron chi connectivity index (χ1n) is 2.82. The van der Waals surface area contributed by atoms with E-state index in [1.54, 1.807) is 0 Å². The zero-order valence-electron chi connectivity index (χ0n) is 7.02. The summed E-state index contributed by atoms with van der Waals surface area (Å²) in [6, 6.07) is 0. The standard InChI is InChI=1S/C6H13O.CH3.K/c1-3-5-6(7)4-2;;/h5-7H,3-4H2,1-2H3;1H3;/q2*-1;+1. The smallest absolute Gasteiger partial charge is 0.425 e. The van der Waals surface area contributed by atoms with E-state index < -0.39 is 0 Å². The summed E-state index contributed by atoms with van der Waals surface area (Å²) in [6.45, 7) is 4.00. The number of hydrogen-bond acceptors (Lipinski definition) is 1. The normalized spacial score (nSPS) is 11.0. The second-order valence-electron chi connectivity index (χ2n) is 1.62. The molecule has 0 aromatic rings. The van der Waals surface area contributed by atoms with Crippen LogP contribution in [0.1, 0.15) is 26.7 Å². The molecular weight excluding hydrogens is 139 g/mol. The maximum atomic E-state index is 8.80. The summed E-state index contributed by atoms with van der Waals surface area (Å²) >= 11 is 0. The summed E-state index contributed by atoms with van der Waals surface area (Å²) < 4.78 is 0. The first-order valence-corrected chi connectivity index (χ1v) is 2.82. The quantitative estimate of drug-likeness (QED) is 0.402. The molecule has 1 unspecified atom stereocenters. The van der Waals surface area contributed by atoms with Crippen molar-refractivity contribution in [3.63, 3.8) is 0 Å². The Bertz CT molecular complexity index is 39.9. The summed E-state index contributed by atoms with van der Waals surface area (Å²) in [5, 5.41) is 8.80. The van der Waals surface area contributed by atoms with Gasteiger partial charge in [-0.1, -0.05) is 26.4 Å². The maximum absolute atomic E-state index is 8.80. The van der Waals surface area contributed by atoms with Gasteiger partial charge in [0.1, 0.15) is 0 Å². The van der Waals surface area contributed by atoms with E-state index >= 15 is 0 Å². The molecule has 1 atom stereocenters. The molecule has 0 aromatic heterocycles. The van der Waals surface area contributed by atoms with Crippen LogP contribution in [0, 0.1) is 13.8 Å². The van der Waals surface area contributed by atoms with E-state index in [2.05, 4.69) is 0 Å². The predicted octanol–water partition coefficient (Wildman–Crippen LogP) is -1.17. The van der Waals surface area contributed by atoms with E-state index in [1.165, 1.54) is 0 Å². The van der Waals surface area contributed by atoms with E-state index in [4.69, 9.17) is 5.11 Å². The Morgan fingerprint density at radius 1 is 1.44 bits per heavy atom. The molecule has 0 aliphatic rings. The first-order chi connectivity index (χ1) is 3.31. The Morgan fingerprint density at radius 3 is 2.00 bits per heavy atom. The molecule has 0 aliphatic carbocycles. The van der Waals surface area contributed by atoms with Crippen LogP contribution < -0.4 is 51.4 Å². The van der Waals surface area contributed by atoms with Crippen LogP contribution in [-0.4, -0.2) is 11.2 Å². The van der Waals surface area contributed by atoms with Gasteiger partial charge in [-0.15, -0.1) is 0 Å². The molecule has 0 aromatic carbocycles. The SMILES string of the molecule is CC[CH-]C(O)CC.[CH3-].[K+]. The van der Waals surface area contributed by atoms with Crippen molar-refractivity contribution in [2.24, 2.45) is 0 Å². The van der Waals surface area contributed by atoms with E-state index in [1.807, 2.05) is 20.3 Å². The topological polar surface area (TPSA) is 20.2 Å². The van der Waals surface area contributed by atoms with Crippen molar-refractivity contribution in [2.45, 2.75) is 32.8 Å². The van der Waals surface area contributed by atoms with Crippen molar-refractivity contribution in [2.75, 3.05) is 0 Å². The maximum Gasteiger partial charge on any atom is 1.00 e. The van der Waals surface area contributed by atoms with Gasteiger partial charge in [-0.05, 0) is 0 Å². The third kappa shape index (κ3) is 12.7. The average Bonchev–Trinajstić information content (AvgIpc) is 1.68. The van der Waals surface area contributed by atoms with Gasteiger partial charge in [-0.2, -0.15) is 6.42 Å². The molecule has 1 N–H and O–H groups in total. The fraction of sp³-hybridized carbons (Fsp3) is 0.714. The Morgan fingerprint density at radius 2 is 1.89 bits per heavy atom. The van der Waals surface area contributed by atoms with Gasteiger partial charge < -0.3 is 19.0 Å². The van der Waals surface area contributed by atoms with Crippen molar-refractivity contribution in [1.29, 1.82) is 0 Å². The Labute approximate surface area is 102 Å². The largest absolute Gasteiger partial charge is 1.00 e. The van der Waals surface area contributed by atoms with E-state index in [9.17, 15) is 0 Å². The Hall–Kier alpha value is 1.60. The molecule has 0 aliphatic heterocycles. The zero-order chi connectivity index (χ0) is 5.70. The van der Waals surface area contributed by atoms with Crippen molar-refractivity contribution < 1.29 is 56.5 Å². The van der Waals surface area contributed by atoms with Crippen LogP contribution in [0.2, 0.25) is 0 Å². The molecule has 2 heteroatoms. The van der Waals surface area contributed by atoms with Gasteiger partial charge in [-0.3, -0.25) is 0 Å². The molecular formula is C7H16KO-. The molecule has 0 rings (SSSR count). The van der Waals surface area contributed by atoms with Gasteiger partial charge in [0.25, 0.3) is 0 Å². The van der Waals surface area contributed by atoms with Crippen molar-refractivity contribution in [3.8, 4) is 0 Å². The molecule has 0 amide bonds. The molecule has 0 fully saturated rings. The minimum atomic E-state index is -0.176. The predicted molar refractivity (Wildman–Crippen MR) is 37.3 cm³/mol. The summed E-state index contributed by atoms with van der Waals surface area (Å²) in [5.41, 5.74) is 0. The Kier molecular flexibility index (Phi) is 23.1. The molecule has 0 bridgehead atoms. The van der Waals surface area contributed by atoms with Crippen LogP contribution in [-0.2, 0) is 0 Å². The van der Waals surface area contributed by atoms with Gasteiger partial charge in [0.2, 0.25) is 0 Å². The van der Waals surface area contributed by atoms with Crippen molar-refractivity contribution in [1.82, 2.24) is 0 Å². The fourth-order valence-corrected chi connectivity index (χ4v) is 0.439. The Balaban J connectivity index is -0.000000180. The number of hydrogen-bond donors (Lipinski definition) is 1. The molecule has 52 valence electrons. The summed E-state index contributed by atoms with van der Waals surface area (Å²) in [7, 11) is 0. The third-order valence-electron chi connectivity index (χ3n) is 0.926. The van der Waals surface area contributed by atoms with Gasteiger partial charge in [0.15, 0.2) is 0 Å². The number of aliphatic hydroxyl groups excluding tert-OH is 1. The van der Waals surface area contributed by atoms with Crippen LogP contribution in [0.15, 0.2) is 0 Å². The average molecular weight is 155 g/mol. The number of rotatable bonds is 3. The third-order valence-corrected chi connectivity index (χ3v) is 0.926. The van der Waals surface area contributed by atoms with Crippen LogP contribution in [0.3, 0.4) is 0 Å². The monoisotopic (exact) mass is 155 g/mol. The second-order valence-corrected chi connectivity index (χ2v) is 1.62. The van der Waals surface area contributed by atoms with Crippen LogP contribution in [0.5, 0.6) is 0 Å². The molecule has 0 saturated carbocycles. The number of aliphatic hydroxyl groups is 1.